The number of nitrogens with zero attached hydrogens (tertiary/aromatic N) is 1. The minimum atomic E-state index is -1.01. The number of carboxylic acid groups (broad SMARTS) is 1. The van der Waals surface area contributed by atoms with Crippen molar-refractivity contribution in [2.24, 2.45) is 5.92 Å². The van der Waals surface area contributed by atoms with Crippen LogP contribution in [0.25, 0.3) is 0 Å². The Morgan fingerprint density at radius 1 is 1.44 bits per heavy atom. The van der Waals surface area contributed by atoms with Gasteiger partial charge in [-0.25, -0.2) is 4.79 Å². The first-order chi connectivity index (χ1) is 8.47. The van der Waals surface area contributed by atoms with E-state index in [9.17, 15) is 9.59 Å². The van der Waals surface area contributed by atoms with Crippen molar-refractivity contribution >= 4 is 11.9 Å². The summed E-state index contributed by atoms with van der Waals surface area (Å²) < 4.78 is 1.83. The molecule has 0 fully saturated rings. The number of carbonyl (C=O) groups is 2. The van der Waals surface area contributed by atoms with E-state index >= 15 is 0 Å². The van der Waals surface area contributed by atoms with Crippen molar-refractivity contribution in [2.45, 2.75) is 39.8 Å². The van der Waals surface area contributed by atoms with Gasteiger partial charge >= 0.3 is 5.97 Å². The third-order valence-corrected chi connectivity index (χ3v) is 2.75. The summed E-state index contributed by atoms with van der Waals surface area (Å²) >= 11 is 0. The fourth-order valence-corrected chi connectivity index (χ4v) is 1.78. The SMILES string of the molecule is CCCn1cccc1C(=O)N[C@@H](C(=O)O)C(C)C. The van der Waals surface area contributed by atoms with Crippen molar-refractivity contribution in [3.63, 3.8) is 0 Å². The Morgan fingerprint density at radius 3 is 2.61 bits per heavy atom. The second-order valence-electron chi connectivity index (χ2n) is 4.62. The van der Waals surface area contributed by atoms with Crippen LogP contribution in [0.15, 0.2) is 18.3 Å². The number of amides is 1. The van der Waals surface area contributed by atoms with Gasteiger partial charge in [0.25, 0.3) is 5.91 Å². The fourth-order valence-electron chi connectivity index (χ4n) is 1.78. The molecule has 2 N–H and O–H groups in total. The largest absolute Gasteiger partial charge is 0.480 e. The molecule has 18 heavy (non-hydrogen) atoms. The zero-order valence-electron chi connectivity index (χ0n) is 11.0. The monoisotopic (exact) mass is 252 g/mol. The second kappa shape index (κ2) is 6.23. The lowest BCUT2D eigenvalue weighted by Crippen LogP contribution is -2.44. The van der Waals surface area contributed by atoms with Gasteiger partial charge in [-0.2, -0.15) is 0 Å². The van der Waals surface area contributed by atoms with Gasteiger partial charge in [-0.05, 0) is 24.5 Å². The number of hydrogen-bond acceptors (Lipinski definition) is 2. The maximum atomic E-state index is 12.0. The predicted octanol–water partition coefficient (Wildman–Crippen LogP) is 1.74. The molecule has 5 heteroatoms. The predicted molar refractivity (Wildman–Crippen MR) is 68.5 cm³/mol. The summed E-state index contributed by atoms with van der Waals surface area (Å²) in [5.41, 5.74) is 0.503. The van der Waals surface area contributed by atoms with E-state index in [0.29, 0.717) is 5.69 Å². The third-order valence-electron chi connectivity index (χ3n) is 2.75. The van der Waals surface area contributed by atoms with E-state index in [2.05, 4.69) is 5.32 Å². The molecule has 0 saturated heterocycles. The maximum absolute atomic E-state index is 12.0. The van der Waals surface area contributed by atoms with Crippen molar-refractivity contribution in [2.75, 3.05) is 0 Å². The summed E-state index contributed by atoms with van der Waals surface area (Å²) in [4.78, 5) is 23.1. The molecule has 5 nitrogen and oxygen atoms in total. The summed E-state index contributed by atoms with van der Waals surface area (Å²) in [6, 6.07) is 2.63. The van der Waals surface area contributed by atoms with Crippen LogP contribution in [0.1, 0.15) is 37.7 Å². The Hall–Kier alpha value is -1.78. The van der Waals surface area contributed by atoms with Crippen LogP contribution in [0.5, 0.6) is 0 Å². The zero-order valence-corrected chi connectivity index (χ0v) is 11.0. The molecule has 100 valence electrons. The molecule has 1 aromatic heterocycles. The number of aliphatic carboxylic acids is 1. The molecule has 0 saturated carbocycles. The number of aromatic nitrogens is 1. The molecule has 0 spiro atoms. The first kappa shape index (κ1) is 14.3. The van der Waals surface area contributed by atoms with Crippen LogP contribution in [-0.4, -0.2) is 27.6 Å². The minimum absolute atomic E-state index is 0.152. The lowest BCUT2D eigenvalue weighted by Gasteiger charge is -2.18. The smallest absolute Gasteiger partial charge is 0.326 e. The van der Waals surface area contributed by atoms with Crippen LogP contribution < -0.4 is 5.32 Å². The number of hydrogen-bond donors (Lipinski definition) is 2. The standard InChI is InChI=1S/C13H20N2O3/c1-4-7-15-8-5-6-10(15)12(16)14-11(9(2)3)13(17)18/h5-6,8-9,11H,4,7H2,1-3H3,(H,14,16)(H,17,18)/t11-/m1/s1. The van der Waals surface area contributed by atoms with Gasteiger partial charge in [-0.1, -0.05) is 20.8 Å². The summed E-state index contributed by atoms with van der Waals surface area (Å²) in [6.45, 7) is 6.30. The van der Waals surface area contributed by atoms with E-state index in [0.717, 1.165) is 13.0 Å². The number of carbonyl (C=O) groups excluding carboxylic acids is 1. The van der Waals surface area contributed by atoms with E-state index in [1.54, 1.807) is 26.0 Å². The summed E-state index contributed by atoms with van der Waals surface area (Å²) in [6.07, 6.45) is 2.74. The van der Waals surface area contributed by atoms with Crippen molar-refractivity contribution < 1.29 is 14.7 Å². The van der Waals surface area contributed by atoms with Gasteiger partial charge < -0.3 is 15.0 Å². The molecular weight excluding hydrogens is 232 g/mol. The molecule has 0 bridgehead atoms. The van der Waals surface area contributed by atoms with E-state index in [1.165, 1.54) is 0 Å². The van der Waals surface area contributed by atoms with Crippen LogP contribution >= 0.6 is 0 Å². The highest BCUT2D eigenvalue weighted by Gasteiger charge is 2.24. The molecule has 1 heterocycles. The average Bonchev–Trinajstić information content (AvgIpc) is 2.73. The van der Waals surface area contributed by atoms with E-state index in [-0.39, 0.29) is 11.8 Å². The van der Waals surface area contributed by atoms with Gasteiger partial charge in [0.15, 0.2) is 0 Å². The first-order valence-electron chi connectivity index (χ1n) is 6.16. The van der Waals surface area contributed by atoms with Crippen molar-refractivity contribution in [1.82, 2.24) is 9.88 Å². The Labute approximate surface area is 107 Å². The van der Waals surface area contributed by atoms with E-state index in [4.69, 9.17) is 5.11 Å². The van der Waals surface area contributed by atoms with Crippen LogP contribution in [0.3, 0.4) is 0 Å². The molecule has 0 aliphatic rings. The Balaban J connectivity index is 2.80. The molecule has 1 atom stereocenters. The van der Waals surface area contributed by atoms with Crippen LogP contribution in [0.4, 0.5) is 0 Å². The Morgan fingerprint density at radius 2 is 2.11 bits per heavy atom. The van der Waals surface area contributed by atoms with Crippen molar-refractivity contribution in [3.8, 4) is 0 Å². The topological polar surface area (TPSA) is 71.3 Å². The summed E-state index contributed by atoms with van der Waals surface area (Å²) in [7, 11) is 0. The van der Waals surface area contributed by atoms with Crippen molar-refractivity contribution in [1.29, 1.82) is 0 Å². The third kappa shape index (κ3) is 3.35. The molecule has 1 amide bonds. The number of aryl methyl sites for hydroxylation is 1. The Kier molecular flexibility index (Phi) is 4.95. The van der Waals surface area contributed by atoms with Gasteiger partial charge in [0.2, 0.25) is 0 Å². The highest BCUT2D eigenvalue weighted by molar-refractivity contribution is 5.95. The van der Waals surface area contributed by atoms with Gasteiger partial charge in [-0.15, -0.1) is 0 Å². The highest BCUT2D eigenvalue weighted by atomic mass is 16.4. The molecular formula is C13H20N2O3. The van der Waals surface area contributed by atoms with Gasteiger partial charge in [0.1, 0.15) is 11.7 Å². The van der Waals surface area contributed by atoms with Crippen molar-refractivity contribution in [3.05, 3.63) is 24.0 Å². The van der Waals surface area contributed by atoms with Crippen LogP contribution in [0.2, 0.25) is 0 Å². The Bertz CT molecular complexity index is 424. The normalized spacial score (nSPS) is 12.4. The molecule has 0 aromatic carbocycles. The molecule has 0 aliphatic heterocycles. The van der Waals surface area contributed by atoms with Gasteiger partial charge in [0, 0.05) is 12.7 Å². The molecule has 1 aromatic rings. The first-order valence-corrected chi connectivity index (χ1v) is 6.16. The quantitative estimate of drug-likeness (QED) is 0.810. The number of carboxylic acids is 1. The lowest BCUT2D eigenvalue weighted by atomic mass is 10.0. The van der Waals surface area contributed by atoms with E-state index in [1.807, 2.05) is 17.7 Å². The minimum Gasteiger partial charge on any atom is -0.480 e. The molecule has 0 radical (unpaired) electrons. The molecule has 0 aliphatic carbocycles. The lowest BCUT2D eigenvalue weighted by molar-refractivity contribution is -0.140. The average molecular weight is 252 g/mol. The number of nitrogens with one attached hydrogen (secondary N) is 1. The number of rotatable bonds is 6. The van der Waals surface area contributed by atoms with Gasteiger partial charge in [0.05, 0.1) is 0 Å². The maximum Gasteiger partial charge on any atom is 0.326 e. The summed E-state index contributed by atoms with van der Waals surface area (Å²) in [5, 5.41) is 11.6. The van der Waals surface area contributed by atoms with Crippen LogP contribution in [-0.2, 0) is 11.3 Å². The fraction of sp³-hybridized carbons (Fsp3) is 0.538. The molecule has 0 unspecified atom stereocenters. The van der Waals surface area contributed by atoms with E-state index < -0.39 is 12.0 Å². The molecule has 1 rings (SSSR count). The van der Waals surface area contributed by atoms with Crippen LogP contribution in [0, 0.1) is 5.92 Å². The summed E-state index contributed by atoms with van der Waals surface area (Å²) in [5.74, 6) is -1.50. The highest BCUT2D eigenvalue weighted by Crippen LogP contribution is 2.07. The van der Waals surface area contributed by atoms with Gasteiger partial charge in [-0.3, -0.25) is 4.79 Å². The second-order valence-corrected chi connectivity index (χ2v) is 4.62. The zero-order chi connectivity index (χ0) is 13.7.